The van der Waals surface area contributed by atoms with Gasteiger partial charge in [0.05, 0.1) is 6.10 Å². The van der Waals surface area contributed by atoms with Crippen molar-refractivity contribution in [1.82, 2.24) is 4.90 Å². The van der Waals surface area contributed by atoms with Gasteiger partial charge in [-0.2, -0.15) is 0 Å². The fourth-order valence-electron chi connectivity index (χ4n) is 2.24. The predicted molar refractivity (Wildman–Crippen MR) is 89.1 cm³/mol. The fraction of sp³-hybridized carbons (Fsp3) is 0.938. The Hall–Kier alpha value is -0.553. The molecular weight excluding hydrogens is 282 g/mol. The van der Waals surface area contributed by atoms with Crippen LogP contribution in [-0.4, -0.2) is 43.6 Å². The summed E-state index contributed by atoms with van der Waals surface area (Å²) in [5, 5.41) is 0.190. The van der Waals surface area contributed by atoms with E-state index in [2.05, 4.69) is 40.8 Å². The SMILES string of the molecule is CC1CC(O[Si](C)(C)C(C)(C)C)CN1C(=O)OC(C)(C)C. The zero-order valence-electron chi connectivity index (χ0n) is 15.2. The number of likely N-dealkylation sites (tertiary alicyclic amines) is 1. The number of amides is 1. The van der Waals surface area contributed by atoms with Crippen LogP contribution in [0.25, 0.3) is 0 Å². The topological polar surface area (TPSA) is 38.8 Å². The molecular formula is C16H33NO3Si. The maximum absolute atomic E-state index is 12.2. The molecule has 0 saturated carbocycles. The molecule has 1 fully saturated rings. The summed E-state index contributed by atoms with van der Waals surface area (Å²) in [5.74, 6) is 0. The van der Waals surface area contributed by atoms with E-state index >= 15 is 0 Å². The Labute approximate surface area is 131 Å². The smallest absolute Gasteiger partial charge is 0.410 e. The number of carbonyl (C=O) groups excluding carboxylic acids is 1. The molecule has 0 radical (unpaired) electrons. The summed E-state index contributed by atoms with van der Waals surface area (Å²) in [6, 6.07) is 0.176. The molecule has 2 unspecified atom stereocenters. The van der Waals surface area contributed by atoms with Crippen molar-refractivity contribution in [2.24, 2.45) is 0 Å². The molecule has 1 heterocycles. The summed E-state index contributed by atoms with van der Waals surface area (Å²) in [6.07, 6.45) is 0.802. The number of nitrogens with zero attached hydrogens (tertiary/aromatic N) is 1. The van der Waals surface area contributed by atoms with Gasteiger partial charge in [-0.1, -0.05) is 20.8 Å². The van der Waals surface area contributed by atoms with Crippen molar-refractivity contribution >= 4 is 14.4 Å². The lowest BCUT2D eigenvalue weighted by Gasteiger charge is -2.38. The quantitative estimate of drug-likeness (QED) is 0.709. The molecule has 4 nitrogen and oxygen atoms in total. The first-order valence-corrected chi connectivity index (χ1v) is 10.8. The van der Waals surface area contributed by atoms with Crippen molar-refractivity contribution in [3.8, 4) is 0 Å². The predicted octanol–water partition coefficient (Wildman–Crippen LogP) is 4.41. The molecule has 0 aromatic heterocycles. The third kappa shape index (κ3) is 4.99. The van der Waals surface area contributed by atoms with Crippen LogP contribution in [0, 0.1) is 0 Å². The van der Waals surface area contributed by atoms with Gasteiger partial charge in [-0.25, -0.2) is 4.79 Å². The molecule has 0 aromatic carbocycles. The van der Waals surface area contributed by atoms with Crippen LogP contribution < -0.4 is 0 Å². The van der Waals surface area contributed by atoms with Crippen molar-refractivity contribution in [2.75, 3.05) is 6.54 Å². The molecule has 21 heavy (non-hydrogen) atoms. The Morgan fingerprint density at radius 2 is 1.67 bits per heavy atom. The van der Waals surface area contributed by atoms with Crippen molar-refractivity contribution in [3.63, 3.8) is 0 Å². The second-order valence-electron chi connectivity index (χ2n) is 8.72. The van der Waals surface area contributed by atoms with E-state index in [0.717, 1.165) is 6.42 Å². The number of hydrogen-bond acceptors (Lipinski definition) is 3. The summed E-state index contributed by atoms with van der Waals surface area (Å²) in [5.41, 5.74) is -0.449. The first-order chi connectivity index (χ1) is 9.23. The van der Waals surface area contributed by atoms with Crippen molar-refractivity contribution in [1.29, 1.82) is 0 Å². The molecule has 1 rings (SSSR count). The fourth-order valence-corrected chi connectivity index (χ4v) is 3.59. The van der Waals surface area contributed by atoms with Gasteiger partial charge >= 0.3 is 6.09 Å². The highest BCUT2D eigenvalue weighted by molar-refractivity contribution is 6.74. The lowest BCUT2D eigenvalue weighted by atomic mass is 10.2. The third-order valence-electron chi connectivity index (χ3n) is 4.43. The van der Waals surface area contributed by atoms with Crippen molar-refractivity contribution in [2.45, 2.75) is 90.8 Å². The van der Waals surface area contributed by atoms with E-state index in [1.54, 1.807) is 0 Å². The van der Waals surface area contributed by atoms with E-state index in [1.165, 1.54) is 0 Å². The third-order valence-corrected chi connectivity index (χ3v) is 8.97. The Balaban J connectivity index is 2.67. The minimum absolute atomic E-state index is 0.133. The maximum atomic E-state index is 12.2. The standard InChI is InChI=1S/C16H33NO3Si/c1-12-10-13(20-21(8,9)16(5,6)7)11-17(12)14(18)19-15(2,3)4/h12-13H,10-11H2,1-9H3. The average Bonchev–Trinajstić information content (AvgIpc) is 2.54. The van der Waals surface area contributed by atoms with Gasteiger partial charge in [-0.05, 0) is 52.2 Å². The van der Waals surface area contributed by atoms with E-state index in [1.807, 2.05) is 25.7 Å². The highest BCUT2D eigenvalue weighted by Crippen LogP contribution is 2.39. The van der Waals surface area contributed by atoms with E-state index in [4.69, 9.17) is 9.16 Å². The van der Waals surface area contributed by atoms with Crippen molar-refractivity contribution in [3.05, 3.63) is 0 Å². The van der Waals surface area contributed by atoms with Crippen LogP contribution in [0.2, 0.25) is 18.1 Å². The van der Waals surface area contributed by atoms with Gasteiger partial charge in [0, 0.05) is 12.6 Å². The molecule has 2 atom stereocenters. The highest BCUT2D eigenvalue weighted by atomic mass is 28.4. The second-order valence-corrected chi connectivity index (χ2v) is 13.5. The maximum Gasteiger partial charge on any atom is 0.410 e. The minimum Gasteiger partial charge on any atom is -0.444 e. The highest BCUT2D eigenvalue weighted by Gasteiger charge is 2.43. The van der Waals surface area contributed by atoms with Gasteiger partial charge in [-0.15, -0.1) is 0 Å². The van der Waals surface area contributed by atoms with E-state index < -0.39 is 13.9 Å². The molecule has 1 aliphatic rings. The van der Waals surface area contributed by atoms with Crippen LogP contribution in [-0.2, 0) is 9.16 Å². The summed E-state index contributed by atoms with van der Waals surface area (Å²) in [4.78, 5) is 14.0. The molecule has 0 aliphatic carbocycles. The Kier molecular flexibility index (Phi) is 5.21. The van der Waals surface area contributed by atoms with E-state index in [0.29, 0.717) is 6.54 Å². The molecule has 124 valence electrons. The number of ether oxygens (including phenoxy) is 1. The Morgan fingerprint density at radius 3 is 2.10 bits per heavy atom. The second kappa shape index (κ2) is 5.92. The van der Waals surface area contributed by atoms with Crippen LogP contribution in [0.1, 0.15) is 54.9 Å². The summed E-state index contributed by atoms with van der Waals surface area (Å²) >= 11 is 0. The number of rotatable bonds is 2. The molecule has 0 aromatic rings. The zero-order chi connectivity index (χ0) is 16.6. The summed E-state index contributed by atoms with van der Waals surface area (Å²) in [7, 11) is -1.79. The van der Waals surface area contributed by atoms with Gasteiger partial charge in [0.2, 0.25) is 0 Å². The number of hydrogen-bond donors (Lipinski definition) is 0. The van der Waals surface area contributed by atoms with Crippen LogP contribution in [0.5, 0.6) is 0 Å². The molecule has 1 amide bonds. The van der Waals surface area contributed by atoms with Crippen LogP contribution in [0.15, 0.2) is 0 Å². The molecule has 1 aliphatic heterocycles. The Bertz CT molecular complexity index is 382. The van der Waals surface area contributed by atoms with Crippen molar-refractivity contribution < 1.29 is 14.0 Å². The van der Waals surface area contributed by atoms with E-state index in [-0.39, 0.29) is 23.3 Å². The normalized spacial score (nSPS) is 24.3. The van der Waals surface area contributed by atoms with E-state index in [9.17, 15) is 4.79 Å². The molecule has 5 heteroatoms. The molecule has 0 bridgehead atoms. The van der Waals surface area contributed by atoms with Crippen LogP contribution in [0.3, 0.4) is 0 Å². The molecule has 0 spiro atoms. The first-order valence-electron chi connectivity index (χ1n) is 7.90. The molecule has 1 saturated heterocycles. The summed E-state index contributed by atoms with van der Waals surface area (Å²) in [6.45, 7) is 19.6. The lowest BCUT2D eigenvalue weighted by molar-refractivity contribution is 0.0222. The van der Waals surface area contributed by atoms with Gasteiger partial charge in [0.1, 0.15) is 5.60 Å². The monoisotopic (exact) mass is 315 g/mol. The summed E-state index contributed by atoms with van der Waals surface area (Å²) < 4.78 is 11.9. The van der Waals surface area contributed by atoms with Gasteiger partial charge in [0.25, 0.3) is 0 Å². The lowest BCUT2D eigenvalue weighted by Crippen LogP contribution is -2.45. The zero-order valence-corrected chi connectivity index (χ0v) is 16.2. The Morgan fingerprint density at radius 1 is 1.14 bits per heavy atom. The van der Waals surface area contributed by atoms with Gasteiger partial charge in [-0.3, -0.25) is 0 Å². The minimum atomic E-state index is -1.79. The van der Waals surface area contributed by atoms with Gasteiger partial charge < -0.3 is 14.1 Å². The molecule has 0 N–H and O–H groups in total. The largest absolute Gasteiger partial charge is 0.444 e. The van der Waals surface area contributed by atoms with Crippen LogP contribution >= 0.6 is 0 Å². The first kappa shape index (κ1) is 18.5. The number of carbonyl (C=O) groups is 1. The average molecular weight is 316 g/mol. The van der Waals surface area contributed by atoms with Gasteiger partial charge in [0.15, 0.2) is 8.32 Å². The van der Waals surface area contributed by atoms with Crippen LogP contribution in [0.4, 0.5) is 4.79 Å².